The zero-order chi connectivity index (χ0) is 22.4. The molecule has 0 saturated heterocycles. The first-order chi connectivity index (χ1) is 14.9. The molecule has 0 aliphatic rings. The number of methoxy groups -OCH3 is 1. The summed E-state index contributed by atoms with van der Waals surface area (Å²) in [5.41, 5.74) is 3.83. The van der Waals surface area contributed by atoms with E-state index in [1.54, 1.807) is 19.1 Å². The molecule has 0 atom stereocenters. The van der Waals surface area contributed by atoms with E-state index in [9.17, 15) is 13.6 Å². The van der Waals surface area contributed by atoms with E-state index in [0.717, 1.165) is 16.8 Å². The molecule has 0 fully saturated rings. The van der Waals surface area contributed by atoms with E-state index in [0.29, 0.717) is 30.8 Å². The first-order valence-corrected chi connectivity index (χ1v) is 9.87. The SMILES string of the molecule is COc1ccc(CCNC(=O)c2c(C)nn(Cc3ccccc3)c2C)cc1OC(F)F. The molecule has 0 spiro atoms. The molecular weight excluding hydrogens is 404 g/mol. The highest BCUT2D eigenvalue weighted by atomic mass is 19.3. The molecule has 0 aliphatic carbocycles. The number of benzene rings is 2. The minimum absolute atomic E-state index is 0.0322. The van der Waals surface area contributed by atoms with Gasteiger partial charge in [-0.3, -0.25) is 9.48 Å². The van der Waals surface area contributed by atoms with Crippen molar-refractivity contribution in [1.82, 2.24) is 15.1 Å². The van der Waals surface area contributed by atoms with Crippen LogP contribution in [0.15, 0.2) is 48.5 Å². The molecule has 8 heteroatoms. The molecule has 1 aromatic heterocycles. The second kappa shape index (κ2) is 10.1. The number of amides is 1. The molecule has 0 aliphatic heterocycles. The third kappa shape index (κ3) is 5.59. The first kappa shape index (κ1) is 22.3. The lowest BCUT2D eigenvalue weighted by molar-refractivity contribution is -0.0512. The minimum atomic E-state index is -2.94. The Morgan fingerprint density at radius 1 is 1.10 bits per heavy atom. The Balaban J connectivity index is 1.64. The third-order valence-electron chi connectivity index (χ3n) is 4.93. The third-order valence-corrected chi connectivity index (χ3v) is 4.93. The topological polar surface area (TPSA) is 65.4 Å². The Kier molecular flexibility index (Phi) is 7.23. The highest BCUT2D eigenvalue weighted by Gasteiger charge is 2.18. The summed E-state index contributed by atoms with van der Waals surface area (Å²) in [4.78, 5) is 12.7. The van der Waals surface area contributed by atoms with Crippen molar-refractivity contribution in [2.24, 2.45) is 0 Å². The van der Waals surface area contributed by atoms with Gasteiger partial charge >= 0.3 is 6.61 Å². The molecule has 1 amide bonds. The molecule has 0 unspecified atom stereocenters. The number of rotatable bonds is 9. The average molecular weight is 429 g/mol. The molecular formula is C23H25F2N3O3. The van der Waals surface area contributed by atoms with Gasteiger partial charge in [-0.1, -0.05) is 36.4 Å². The highest BCUT2D eigenvalue weighted by Crippen LogP contribution is 2.29. The maximum Gasteiger partial charge on any atom is 0.387 e. The van der Waals surface area contributed by atoms with Crippen LogP contribution < -0.4 is 14.8 Å². The summed E-state index contributed by atoms with van der Waals surface area (Å²) < 4.78 is 36.5. The summed E-state index contributed by atoms with van der Waals surface area (Å²) in [7, 11) is 1.39. The largest absolute Gasteiger partial charge is 0.493 e. The van der Waals surface area contributed by atoms with Crippen molar-refractivity contribution in [3.63, 3.8) is 0 Å². The number of carbonyl (C=O) groups excluding carboxylic acids is 1. The molecule has 164 valence electrons. The van der Waals surface area contributed by atoms with Gasteiger partial charge in [0.2, 0.25) is 0 Å². The molecule has 1 heterocycles. The minimum Gasteiger partial charge on any atom is -0.493 e. The Morgan fingerprint density at radius 2 is 1.84 bits per heavy atom. The van der Waals surface area contributed by atoms with Gasteiger partial charge in [-0.05, 0) is 43.5 Å². The lowest BCUT2D eigenvalue weighted by Gasteiger charge is -2.12. The predicted molar refractivity (Wildman–Crippen MR) is 113 cm³/mol. The average Bonchev–Trinajstić information content (AvgIpc) is 3.01. The van der Waals surface area contributed by atoms with Crippen molar-refractivity contribution in [2.45, 2.75) is 33.4 Å². The summed E-state index contributed by atoms with van der Waals surface area (Å²) in [6, 6.07) is 14.7. The fraction of sp³-hybridized carbons (Fsp3) is 0.304. The van der Waals surface area contributed by atoms with Crippen molar-refractivity contribution >= 4 is 5.91 Å². The number of aryl methyl sites for hydroxylation is 1. The van der Waals surface area contributed by atoms with Gasteiger partial charge in [-0.2, -0.15) is 13.9 Å². The Bertz CT molecular complexity index is 1040. The molecule has 3 rings (SSSR count). The van der Waals surface area contributed by atoms with Gasteiger partial charge < -0.3 is 14.8 Å². The highest BCUT2D eigenvalue weighted by molar-refractivity contribution is 5.96. The van der Waals surface area contributed by atoms with Crippen LogP contribution in [-0.2, 0) is 13.0 Å². The number of halogens is 2. The zero-order valence-electron chi connectivity index (χ0n) is 17.7. The molecule has 31 heavy (non-hydrogen) atoms. The van der Waals surface area contributed by atoms with Gasteiger partial charge in [0.15, 0.2) is 11.5 Å². The number of carbonyl (C=O) groups is 1. The summed E-state index contributed by atoms with van der Waals surface area (Å²) in [5, 5.41) is 7.39. The van der Waals surface area contributed by atoms with Gasteiger partial charge in [0.1, 0.15) is 0 Å². The van der Waals surface area contributed by atoms with Crippen LogP contribution in [0, 0.1) is 13.8 Å². The summed E-state index contributed by atoms with van der Waals surface area (Å²) >= 11 is 0. The van der Waals surface area contributed by atoms with Crippen molar-refractivity contribution in [1.29, 1.82) is 0 Å². The Hall–Kier alpha value is -3.42. The van der Waals surface area contributed by atoms with Crippen LogP contribution >= 0.6 is 0 Å². The summed E-state index contributed by atoms with van der Waals surface area (Å²) in [6.45, 7) is 1.65. The van der Waals surface area contributed by atoms with Crippen molar-refractivity contribution in [3.8, 4) is 11.5 Å². The maximum absolute atomic E-state index is 12.7. The molecule has 3 aromatic rings. The fourth-order valence-electron chi connectivity index (χ4n) is 3.41. The van der Waals surface area contributed by atoms with Crippen molar-refractivity contribution in [3.05, 3.63) is 76.6 Å². The number of hydrogen-bond donors (Lipinski definition) is 1. The smallest absolute Gasteiger partial charge is 0.387 e. The maximum atomic E-state index is 12.7. The predicted octanol–water partition coefficient (Wildman–Crippen LogP) is 4.13. The van der Waals surface area contributed by atoms with Gasteiger partial charge in [-0.15, -0.1) is 0 Å². The zero-order valence-corrected chi connectivity index (χ0v) is 17.7. The van der Waals surface area contributed by atoms with E-state index in [4.69, 9.17) is 4.74 Å². The molecule has 2 aromatic carbocycles. The van der Waals surface area contributed by atoms with Crippen LogP contribution in [0.25, 0.3) is 0 Å². The standard InChI is InChI=1S/C23H25F2N3O3/c1-15-21(16(2)28(27-15)14-18-7-5-4-6-8-18)22(29)26-12-11-17-9-10-19(30-3)20(13-17)31-23(24)25/h4-10,13,23H,11-12,14H2,1-3H3,(H,26,29). The second-order valence-corrected chi connectivity index (χ2v) is 7.06. The molecule has 0 bridgehead atoms. The van der Waals surface area contributed by atoms with Crippen molar-refractivity contribution < 1.29 is 23.0 Å². The lowest BCUT2D eigenvalue weighted by Crippen LogP contribution is -2.26. The van der Waals surface area contributed by atoms with Gasteiger partial charge in [0, 0.05) is 12.2 Å². The molecule has 0 radical (unpaired) electrons. The fourth-order valence-corrected chi connectivity index (χ4v) is 3.41. The summed E-state index contributed by atoms with van der Waals surface area (Å²) in [6.07, 6.45) is 0.450. The van der Waals surface area contributed by atoms with Crippen LogP contribution in [0.3, 0.4) is 0 Å². The van der Waals surface area contributed by atoms with Crippen LogP contribution in [0.5, 0.6) is 11.5 Å². The number of hydrogen-bond acceptors (Lipinski definition) is 4. The Morgan fingerprint density at radius 3 is 2.52 bits per heavy atom. The number of nitrogens with zero attached hydrogens (tertiary/aromatic N) is 2. The van der Waals surface area contributed by atoms with Crippen LogP contribution in [0.2, 0.25) is 0 Å². The monoisotopic (exact) mass is 429 g/mol. The first-order valence-electron chi connectivity index (χ1n) is 9.87. The van der Waals surface area contributed by atoms with Crippen LogP contribution in [-0.4, -0.2) is 36.0 Å². The summed E-state index contributed by atoms with van der Waals surface area (Å²) in [5.74, 6) is -0.0211. The van der Waals surface area contributed by atoms with Crippen LogP contribution in [0.1, 0.15) is 32.9 Å². The van der Waals surface area contributed by atoms with Crippen LogP contribution in [0.4, 0.5) is 8.78 Å². The number of ether oxygens (including phenoxy) is 2. The van der Waals surface area contributed by atoms with E-state index in [1.165, 1.54) is 13.2 Å². The molecule has 0 saturated carbocycles. The van der Waals surface area contributed by atoms with Gasteiger partial charge in [0.05, 0.1) is 24.9 Å². The quantitative estimate of drug-likeness (QED) is 0.556. The number of aromatic nitrogens is 2. The Labute approximate surface area is 179 Å². The van der Waals surface area contributed by atoms with Gasteiger partial charge in [0.25, 0.3) is 5.91 Å². The lowest BCUT2D eigenvalue weighted by atomic mass is 10.1. The number of alkyl halides is 2. The number of nitrogens with one attached hydrogen (secondary N) is 1. The second-order valence-electron chi connectivity index (χ2n) is 7.06. The molecule has 6 nitrogen and oxygen atoms in total. The van der Waals surface area contributed by atoms with Gasteiger partial charge in [-0.25, -0.2) is 0 Å². The normalized spacial score (nSPS) is 10.9. The van der Waals surface area contributed by atoms with Crippen molar-refractivity contribution in [2.75, 3.05) is 13.7 Å². The van der Waals surface area contributed by atoms with E-state index in [2.05, 4.69) is 15.2 Å². The van der Waals surface area contributed by atoms with E-state index in [1.807, 2.05) is 41.9 Å². The van der Waals surface area contributed by atoms with E-state index >= 15 is 0 Å². The van der Waals surface area contributed by atoms with E-state index in [-0.39, 0.29) is 17.4 Å². The molecule has 1 N–H and O–H groups in total. The van der Waals surface area contributed by atoms with E-state index < -0.39 is 6.61 Å².